The Morgan fingerprint density at radius 2 is 2.20 bits per heavy atom. The van der Waals surface area contributed by atoms with Crippen LogP contribution < -0.4 is 10.1 Å². The highest BCUT2D eigenvalue weighted by atomic mass is 79.9. The van der Waals surface area contributed by atoms with Crippen molar-refractivity contribution in [3.05, 3.63) is 62.8 Å². The third-order valence-corrected chi connectivity index (χ3v) is 5.02. The van der Waals surface area contributed by atoms with Crippen LogP contribution in [0.15, 0.2) is 40.9 Å². The van der Waals surface area contributed by atoms with Crippen molar-refractivity contribution >= 4 is 27.5 Å². The van der Waals surface area contributed by atoms with Crippen LogP contribution in [0.2, 0.25) is 5.02 Å². The molecule has 0 aromatic heterocycles. The maximum Gasteiger partial charge on any atom is 0.131 e. The Bertz CT molecular complexity index is 702. The predicted molar refractivity (Wildman–Crippen MR) is 101 cm³/mol. The lowest BCUT2D eigenvalue weighted by Crippen LogP contribution is -2.26. The van der Waals surface area contributed by atoms with Crippen LogP contribution in [0.5, 0.6) is 5.75 Å². The van der Waals surface area contributed by atoms with Crippen LogP contribution in [0.1, 0.15) is 24.0 Å². The van der Waals surface area contributed by atoms with E-state index >= 15 is 0 Å². The fourth-order valence-corrected chi connectivity index (χ4v) is 3.45. The Kier molecular flexibility index (Phi) is 6.70. The lowest BCUT2D eigenvalue weighted by molar-refractivity contribution is 0.110. The Balaban J connectivity index is 1.64. The average molecular weight is 429 g/mol. The van der Waals surface area contributed by atoms with Gasteiger partial charge in [-0.1, -0.05) is 33.6 Å². The summed E-state index contributed by atoms with van der Waals surface area (Å²) in [6, 6.07) is 10.4. The highest BCUT2D eigenvalue weighted by Gasteiger charge is 2.15. The van der Waals surface area contributed by atoms with E-state index in [4.69, 9.17) is 21.1 Å². The van der Waals surface area contributed by atoms with Crippen molar-refractivity contribution in [2.45, 2.75) is 32.1 Å². The maximum absolute atomic E-state index is 13.9. The zero-order valence-corrected chi connectivity index (χ0v) is 16.1. The van der Waals surface area contributed by atoms with Gasteiger partial charge in [-0.2, -0.15) is 0 Å². The molecule has 134 valence electrons. The summed E-state index contributed by atoms with van der Waals surface area (Å²) >= 11 is 9.55. The van der Waals surface area contributed by atoms with Crippen LogP contribution in [0.3, 0.4) is 0 Å². The number of benzene rings is 2. The molecule has 1 N–H and O–H groups in total. The zero-order valence-electron chi connectivity index (χ0n) is 13.7. The van der Waals surface area contributed by atoms with Crippen LogP contribution >= 0.6 is 27.5 Å². The largest absolute Gasteiger partial charge is 0.488 e. The highest BCUT2D eigenvalue weighted by Crippen LogP contribution is 2.26. The summed E-state index contributed by atoms with van der Waals surface area (Å²) in [4.78, 5) is 0. The molecule has 0 saturated carbocycles. The van der Waals surface area contributed by atoms with Gasteiger partial charge in [-0.15, -0.1) is 0 Å². The lowest BCUT2D eigenvalue weighted by atomic mass is 10.2. The monoisotopic (exact) mass is 427 g/mol. The molecule has 1 aliphatic rings. The van der Waals surface area contributed by atoms with Gasteiger partial charge >= 0.3 is 0 Å². The molecule has 6 heteroatoms. The molecule has 0 bridgehead atoms. The van der Waals surface area contributed by atoms with Gasteiger partial charge in [-0.05, 0) is 43.2 Å². The zero-order chi connectivity index (χ0) is 17.6. The second-order valence-electron chi connectivity index (χ2n) is 6.01. The smallest absolute Gasteiger partial charge is 0.131 e. The fraction of sp³-hybridized carbons (Fsp3) is 0.368. The summed E-state index contributed by atoms with van der Waals surface area (Å²) in [6.45, 7) is 2.40. The molecule has 25 heavy (non-hydrogen) atoms. The quantitative estimate of drug-likeness (QED) is 0.666. The van der Waals surface area contributed by atoms with E-state index in [1.807, 2.05) is 18.2 Å². The first-order valence-corrected chi connectivity index (χ1v) is 9.47. The minimum Gasteiger partial charge on any atom is -0.488 e. The van der Waals surface area contributed by atoms with E-state index in [0.29, 0.717) is 22.9 Å². The maximum atomic E-state index is 13.9. The topological polar surface area (TPSA) is 30.5 Å². The van der Waals surface area contributed by atoms with Crippen molar-refractivity contribution in [2.24, 2.45) is 0 Å². The molecule has 0 unspecified atom stereocenters. The molecule has 3 nitrogen and oxygen atoms in total. The van der Waals surface area contributed by atoms with E-state index in [0.717, 1.165) is 36.0 Å². The van der Waals surface area contributed by atoms with Crippen molar-refractivity contribution in [3.8, 4) is 5.75 Å². The Hall–Kier alpha value is -1.14. The molecule has 2 aromatic carbocycles. The number of hydrogen-bond acceptors (Lipinski definition) is 3. The van der Waals surface area contributed by atoms with Gasteiger partial charge in [0, 0.05) is 35.3 Å². The van der Waals surface area contributed by atoms with Crippen LogP contribution in [0.4, 0.5) is 4.39 Å². The number of halogens is 3. The van der Waals surface area contributed by atoms with Crippen LogP contribution in [0, 0.1) is 5.82 Å². The minimum atomic E-state index is -0.359. The lowest BCUT2D eigenvalue weighted by Gasteiger charge is -2.15. The van der Waals surface area contributed by atoms with E-state index in [1.54, 1.807) is 12.1 Å². The van der Waals surface area contributed by atoms with Crippen molar-refractivity contribution in [2.75, 3.05) is 13.2 Å². The first kappa shape index (κ1) is 18.6. The van der Waals surface area contributed by atoms with Crippen LogP contribution in [-0.2, 0) is 17.9 Å². The predicted octanol–water partition coefficient (Wildman–Crippen LogP) is 5.09. The molecule has 3 rings (SSSR count). The van der Waals surface area contributed by atoms with Crippen molar-refractivity contribution in [1.82, 2.24) is 5.32 Å². The third-order valence-electron chi connectivity index (χ3n) is 4.17. The van der Waals surface area contributed by atoms with Gasteiger partial charge < -0.3 is 14.8 Å². The molecule has 1 atom stereocenters. The number of rotatable bonds is 7. The standard InChI is InChI=1S/C19H20BrClFNO2/c20-14-6-7-19(25-12-16-17(21)4-1-5-18(16)22)13(9-14)10-23-11-15-3-2-8-24-15/h1,4-7,9,15,23H,2-3,8,10-12H2/t15-/m0/s1. The fourth-order valence-electron chi connectivity index (χ4n) is 2.82. The average Bonchev–Trinajstić information content (AvgIpc) is 3.09. The molecule has 0 amide bonds. The molecule has 0 spiro atoms. The van der Waals surface area contributed by atoms with E-state index < -0.39 is 0 Å². The second-order valence-corrected chi connectivity index (χ2v) is 7.33. The van der Waals surface area contributed by atoms with Crippen molar-refractivity contribution in [3.63, 3.8) is 0 Å². The number of ether oxygens (including phenoxy) is 2. The van der Waals surface area contributed by atoms with Crippen molar-refractivity contribution in [1.29, 1.82) is 0 Å². The molecule has 1 saturated heterocycles. The number of nitrogens with one attached hydrogen (secondary N) is 1. The van der Waals surface area contributed by atoms with Gasteiger partial charge in [0.1, 0.15) is 18.2 Å². The third kappa shape index (κ3) is 5.17. The molecule has 1 aliphatic heterocycles. The van der Waals surface area contributed by atoms with Gasteiger partial charge in [-0.25, -0.2) is 4.39 Å². The van der Waals surface area contributed by atoms with E-state index in [-0.39, 0.29) is 18.5 Å². The minimum absolute atomic E-state index is 0.0892. The van der Waals surface area contributed by atoms with Gasteiger partial charge in [0.15, 0.2) is 0 Å². The van der Waals surface area contributed by atoms with E-state index in [9.17, 15) is 4.39 Å². The summed E-state index contributed by atoms with van der Waals surface area (Å²) in [5.74, 6) is 0.352. The summed E-state index contributed by atoms with van der Waals surface area (Å²) in [7, 11) is 0. The summed E-state index contributed by atoms with van der Waals surface area (Å²) in [6.07, 6.45) is 2.51. The summed E-state index contributed by atoms with van der Waals surface area (Å²) in [5.41, 5.74) is 1.37. The number of hydrogen-bond donors (Lipinski definition) is 1. The Morgan fingerprint density at radius 3 is 2.96 bits per heavy atom. The van der Waals surface area contributed by atoms with Crippen LogP contribution in [0.25, 0.3) is 0 Å². The highest BCUT2D eigenvalue weighted by molar-refractivity contribution is 9.10. The van der Waals surface area contributed by atoms with Crippen molar-refractivity contribution < 1.29 is 13.9 Å². The first-order valence-electron chi connectivity index (χ1n) is 8.30. The first-order chi connectivity index (χ1) is 12.1. The molecular weight excluding hydrogens is 409 g/mol. The summed E-state index contributed by atoms with van der Waals surface area (Å²) in [5, 5.41) is 3.78. The Morgan fingerprint density at radius 1 is 1.32 bits per heavy atom. The van der Waals surface area contributed by atoms with Gasteiger partial charge in [-0.3, -0.25) is 0 Å². The van der Waals surface area contributed by atoms with Crippen LogP contribution in [-0.4, -0.2) is 19.3 Å². The van der Waals surface area contributed by atoms with Gasteiger partial charge in [0.2, 0.25) is 0 Å². The van der Waals surface area contributed by atoms with E-state index in [1.165, 1.54) is 6.07 Å². The van der Waals surface area contributed by atoms with E-state index in [2.05, 4.69) is 21.2 Å². The Labute approximate surface area is 160 Å². The second kappa shape index (κ2) is 8.99. The normalized spacial score (nSPS) is 17.0. The molecular formula is C19H20BrClFNO2. The SMILES string of the molecule is Fc1cccc(Cl)c1COc1ccc(Br)cc1CNC[C@@H]1CCCO1. The summed E-state index contributed by atoms with van der Waals surface area (Å²) < 4.78 is 26.3. The molecule has 1 heterocycles. The molecule has 0 aliphatic carbocycles. The molecule has 0 radical (unpaired) electrons. The van der Waals surface area contributed by atoms with Gasteiger partial charge in [0.05, 0.1) is 11.1 Å². The molecule has 2 aromatic rings. The van der Waals surface area contributed by atoms with Gasteiger partial charge in [0.25, 0.3) is 0 Å². The molecule has 1 fully saturated rings.